The summed E-state index contributed by atoms with van der Waals surface area (Å²) in [5, 5.41) is 0. The first kappa shape index (κ1) is 15.6. The summed E-state index contributed by atoms with van der Waals surface area (Å²) < 4.78 is 11.6. The second-order valence-corrected chi connectivity index (χ2v) is 6.47. The molecular weight excluding hydrogens is 228 g/mol. The fourth-order valence-corrected chi connectivity index (χ4v) is 2.23. The molecule has 92 valence electrons. The van der Waals surface area contributed by atoms with Crippen LogP contribution in [-0.4, -0.2) is 42.0 Å². The molecule has 0 rings (SSSR count). The molecule has 15 heavy (non-hydrogen) atoms. The molecule has 0 aromatic carbocycles. The van der Waals surface area contributed by atoms with E-state index < -0.39 is 0 Å². The van der Waals surface area contributed by atoms with E-state index in [1.54, 1.807) is 11.8 Å². The summed E-state index contributed by atoms with van der Waals surface area (Å²) in [4.78, 5) is 0. The van der Waals surface area contributed by atoms with Gasteiger partial charge in [0, 0.05) is 5.75 Å². The molecule has 0 saturated carbocycles. The summed E-state index contributed by atoms with van der Waals surface area (Å²) >= 11 is 3.50. The Balaban J connectivity index is 3.90. The Morgan fingerprint density at radius 1 is 0.867 bits per heavy atom. The van der Waals surface area contributed by atoms with Crippen molar-refractivity contribution in [3.8, 4) is 0 Å². The molecule has 0 radical (unpaired) electrons. The molecule has 0 aromatic rings. The zero-order valence-corrected chi connectivity index (χ0v) is 12.4. The summed E-state index contributed by atoms with van der Waals surface area (Å²) in [5.41, 5.74) is -0.266. The number of hydrogen-bond acceptors (Lipinski definition) is 4. The Morgan fingerprint density at radius 3 is 1.93 bits per heavy atom. The molecule has 0 heterocycles. The van der Waals surface area contributed by atoms with Crippen LogP contribution in [0.1, 0.15) is 27.7 Å². The van der Waals surface area contributed by atoms with Crippen LogP contribution in [-0.2, 0) is 9.47 Å². The van der Waals surface area contributed by atoms with Crippen LogP contribution in [0, 0.1) is 0 Å². The molecule has 0 aliphatic rings. The van der Waals surface area contributed by atoms with Gasteiger partial charge in [-0.25, -0.2) is 0 Å². The van der Waals surface area contributed by atoms with E-state index in [2.05, 4.69) is 34.0 Å². The van der Waals surface area contributed by atoms with E-state index in [0.29, 0.717) is 6.61 Å². The normalized spacial score (nSPS) is 13.2. The van der Waals surface area contributed by atoms with Crippen LogP contribution in [0.4, 0.5) is 0 Å². The molecule has 0 saturated heterocycles. The summed E-state index contributed by atoms with van der Waals surface area (Å²) in [5.74, 6) is 1.73. The maximum Gasteiger partial charge on any atom is 0.0926 e. The molecule has 0 amide bonds. The maximum absolute atomic E-state index is 5.88. The molecule has 0 aliphatic carbocycles. The quantitative estimate of drug-likeness (QED) is 0.617. The third-order valence-corrected chi connectivity index (χ3v) is 3.21. The lowest BCUT2D eigenvalue weighted by molar-refractivity contribution is -0.101. The van der Waals surface area contributed by atoms with Gasteiger partial charge in [-0.05, 0) is 40.2 Å². The van der Waals surface area contributed by atoms with Gasteiger partial charge < -0.3 is 9.47 Å². The summed E-state index contributed by atoms with van der Waals surface area (Å²) in [6, 6.07) is 0. The Bertz CT molecular complexity index is 170. The highest BCUT2D eigenvalue weighted by Crippen LogP contribution is 2.19. The predicted octanol–water partition coefficient (Wildman–Crippen LogP) is 3.26. The van der Waals surface area contributed by atoms with Crippen LogP contribution in [0.2, 0.25) is 0 Å². The Kier molecular flexibility index (Phi) is 7.34. The number of thioether (sulfide) groups is 2. The minimum Gasteiger partial charge on any atom is -0.372 e. The van der Waals surface area contributed by atoms with E-state index in [9.17, 15) is 0 Å². The second kappa shape index (κ2) is 7.05. The Morgan fingerprint density at radius 2 is 1.47 bits per heavy atom. The molecule has 0 atom stereocenters. The molecule has 0 aliphatic heterocycles. The molecule has 0 unspecified atom stereocenters. The first-order valence-electron chi connectivity index (χ1n) is 5.09. The van der Waals surface area contributed by atoms with Gasteiger partial charge in [-0.2, -0.15) is 11.8 Å². The fourth-order valence-electron chi connectivity index (χ4n) is 1.02. The summed E-state index contributed by atoms with van der Waals surface area (Å²) in [7, 11) is 0. The van der Waals surface area contributed by atoms with Crippen LogP contribution >= 0.6 is 23.5 Å². The molecule has 4 heteroatoms. The van der Waals surface area contributed by atoms with E-state index in [-0.39, 0.29) is 11.2 Å². The average molecular weight is 252 g/mol. The average Bonchev–Trinajstić information content (AvgIpc) is 2.12. The lowest BCUT2D eigenvalue weighted by Crippen LogP contribution is -2.37. The molecule has 0 spiro atoms. The van der Waals surface area contributed by atoms with Crippen molar-refractivity contribution in [2.75, 3.05) is 30.8 Å². The Hall–Kier alpha value is 0.620. The van der Waals surface area contributed by atoms with Crippen molar-refractivity contribution in [2.45, 2.75) is 38.9 Å². The van der Waals surface area contributed by atoms with Gasteiger partial charge >= 0.3 is 0 Å². The van der Waals surface area contributed by atoms with Gasteiger partial charge in [0.1, 0.15) is 0 Å². The van der Waals surface area contributed by atoms with Gasteiger partial charge in [0.2, 0.25) is 0 Å². The highest BCUT2D eigenvalue weighted by atomic mass is 32.2. The first-order chi connectivity index (χ1) is 6.83. The van der Waals surface area contributed by atoms with E-state index in [1.807, 2.05) is 18.0 Å². The van der Waals surface area contributed by atoms with Crippen molar-refractivity contribution in [1.29, 1.82) is 0 Å². The number of ether oxygens (including phenoxy) is 2. The zero-order chi connectivity index (χ0) is 11.9. The predicted molar refractivity (Wildman–Crippen MR) is 72.0 cm³/mol. The van der Waals surface area contributed by atoms with Crippen molar-refractivity contribution in [1.82, 2.24) is 0 Å². The third kappa shape index (κ3) is 8.43. The van der Waals surface area contributed by atoms with Gasteiger partial charge in [-0.3, -0.25) is 0 Å². The minimum absolute atomic E-state index is 0.0700. The topological polar surface area (TPSA) is 18.5 Å². The van der Waals surface area contributed by atoms with Crippen LogP contribution in [0.5, 0.6) is 0 Å². The molecule has 0 aromatic heterocycles. The largest absolute Gasteiger partial charge is 0.372 e. The first-order valence-corrected chi connectivity index (χ1v) is 7.87. The highest BCUT2D eigenvalue weighted by Gasteiger charge is 2.24. The van der Waals surface area contributed by atoms with Gasteiger partial charge in [0.25, 0.3) is 0 Å². The molecule has 0 N–H and O–H groups in total. The van der Waals surface area contributed by atoms with Gasteiger partial charge in [-0.15, -0.1) is 11.8 Å². The van der Waals surface area contributed by atoms with E-state index in [1.165, 1.54) is 0 Å². The van der Waals surface area contributed by atoms with E-state index >= 15 is 0 Å². The van der Waals surface area contributed by atoms with Crippen LogP contribution in [0.3, 0.4) is 0 Å². The molecule has 0 fully saturated rings. The third-order valence-electron chi connectivity index (χ3n) is 1.87. The van der Waals surface area contributed by atoms with E-state index in [0.717, 1.165) is 11.7 Å². The summed E-state index contributed by atoms with van der Waals surface area (Å²) in [6.45, 7) is 9.01. The number of hydrogen-bond donors (Lipinski definition) is 0. The Labute approximate surface area is 103 Å². The van der Waals surface area contributed by atoms with Crippen molar-refractivity contribution in [3.63, 3.8) is 0 Å². The van der Waals surface area contributed by atoms with E-state index in [4.69, 9.17) is 9.47 Å². The van der Waals surface area contributed by atoms with Gasteiger partial charge in [-0.1, -0.05) is 0 Å². The van der Waals surface area contributed by atoms with Crippen LogP contribution < -0.4 is 0 Å². The number of rotatable bonds is 8. The highest BCUT2D eigenvalue weighted by molar-refractivity contribution is 7.98. The lowest BCUT2D eigenvalue weighted by atomic mass is 10.1. The maximum atomic E-state index is 5.88. The van der Waals surface area contributed by atoms with Crippen molar-refractivity contribution < 1.29 is 9.47 Å². The van der Waals surface area contributed by atoms with Gasteiger partial charge in [0.05, 0.1) is 23.7 Å². The lowest BCUT2D eigenvalue weighted by Gasteiger charge is -2.31. The zero-order valence-electron chi connectivity index (χ0n) is 10.8. The smallest absolute Gasteiger partial charge is 0.0926 e. The van der Waals surface area contributed by atoms with Crippen molar-refractivity contribution in [3.05, 3.63) is 0 Å². The second-order valence-electron chi connectivity index (χ2n) is 4.79. The van der Waals surface area contributed by atoms with Crippen LogP contribution in [0.25, 0.3) is 0 Å². The minimum atomic E-state index is -0.196. The SMILES string of the molecule is CSCOC(C)(C)COC(C)(C)CSC. The molecule has 2 nitrogen and oxygen atoms in total. The van der Waals surface area contributed by atoms with Crippen LogP contribution in [0.15, 0.2) is 0 Å². The monoisotopic (exact) mass is 252 g/mol. The molecular formula is C11H24O2S2. The van der Waals surface area contributed by atoms with Crippen molar-refractivity contribution in [2.24, 2.45) is 0 Å². The van der Waals surface area contributed by atoms with Crippen molar-refractivity contribution >= 4 is 23.5 Å². The summed E-state index contributed by atoms with van der Waals surface area (Å²) in [6.07, 6.45) is 4.13. The fraction of sp³-hybridized carbons (Fsp3) is 1.00. The standard InChI is InChI=1S/C11H24O2S2/c1-10(2,13-9-15-6)7-12-11(3,4)8-14-5/h7-9H2,1-6H3. The molecule has 0 bridgehead atoms. The van der Waals surface area contributed by atoms with Gasteiger partial charge in [0.15, 0.2) is 0 Å².